The van der Waals surface area contributed by atoms with Crippen molar-refractivity contribution in [2.24, 2.45) is 5.92 Å². The summed E-state index contributed by atoms with van der Waals surface area (Å²) in [6.45, 7) is 8.16. The van der Waals surface area contributed by atoms with Crippen molar-refractivity contribution in [1.82, 2.24) is 4.72 Å². The van der Waals surface area contributed by atoms with Crippen molar-refractivity contribution in [3.63, 3.8) is 0 Å². The first kappa shape index (κ1) is 21.0. The minimum atomic E-state index is -1.44. The first-order chi connectivity index (χ1) is 11.8. The predicted octanol–water partition coefficient (Wildman–Crippen LogP) is 4.06. The van der Waals surface area contributed by atoms with Crippen LogP contribution in [0.5, 0.6) is 0 Å². The van der Waals surface area contributed by atoms with Gasteiger partial charge in [-0.15, -0.1) is 28.2 Å². The fourth-order valence-electron chi connectivity index (χ4n) is 2.79. The molecule has 1 aliphatic rings. The molecule has 0 amide bonds. The van der Waals surface area contributed by atoms with Gasteiger partial charge in [0.1, 0.15) is 0 Å². The molecule has 1 aromatic carbocycles. The number of nitrogens with one attached hydrogen (secondary N) is 1. The minimum Gasteiger partial charge on any atom is -0.593 e. The average molecular weight is 402 g/mol. The first-order valence-electron chi connectivity index (χ1n) is 8.63. The summed E-state index contributed by atoms with van der Waals surface area (Å²) in [5.41, 5.74) is 1.11. The van der Waals surface area contributed by atoms with Crippen LogP contribution in [0.15, 0.2) is 29.2 Å². The molecule has 1 heterocycles. The Bertz CT molecular complexity index is 583. The molecule has 2 rings (SSSR count). The molecule has 0 saturated carbocycles. The van der Waals surface area contributed by atoms with Crippen LogP contribution < -0.4 is 4.72 Å². The SMILES string of the molecule is CCC1CS[C@@](C(=O)O)(C(N[S+]([O-])c2ccc(C)cc2)C(C)CC)S1. The summed E-state index contributed by atoms with van der Waals surface area (Å²) in [7, 11) is 0. The van der Waals surface area contributed by atoms with E-state index in [1.54, 1.807) is 0 Å². The Morgan fingerprint density at radius 2 is 2.08 bits per heavy atom. The molecule has 0 aliphatic carbocycles. The van der Waals surface area contributed by atoms with Crippen LogP contribution in [0, 0.1) is 12.8 Å². The average Bonchev–Trinajstić information content (AvgIpc) is 3.05. The number of hydrogen-bond donors (Lipinski definition) is 2. The van der Waals surface area contributed by atoms with Gasteiger partial charge in [-0.05, 0) is 31.4 Å². The van der Waals surface area contributed by atoms with Gasteiger partial charge < -0.3 is 9.66 Å². The van der Waals surface area contributed by atoms with Crippen LogP contribution in [0.1, 0.15) is 39.2 Å². The molecule has 1 aliphatic heterocycles. The molecule has 140 valence electrons. The number of aryl methyl sites for hydroxylation is 1. The maximum atomic E-state index is 12.8. The van der Waals surface area contributed by atoms with E-state index < -0.39 is 21.4 Å². The monoisotopic (exact) mass is 401 g/mol. The topological polar surface area (TPSA) is 72.4 Å². The van der Waals surface area contributed by atoms with E-state index in [1.165, 1.54) is 23.5 Å². The Labute approximate surface area is 162 Å². The van der Waals surface area contributed by atoms with Gasteiger partial charge in [-0.25, -0.2) is 4.79 Å². The third-order valence-corrected chi connectivity index (χ3v) is 9.73. The van der Waals surface area contributed by atoms with E-state index in [2.05, 4.69) is 11.6 Å². The Kier molecular flexibility index (Phi) is 7.58. The van der Waals surface area contributed by atoms with Crippen LogP contribution in [0.25, 0.3) is 0 Å². The zero-order valence-corrected chi connectivity index (χ0v) is 17.6. The standard InChI is InChI=1S/C18H27NO3S3/c1-5-13(4)16(18(17(20)21)23-11-14(6-2)24-18)19-25(22)15-9-7-12(3)8-10-15/h7-10,13-14,16,19H,5-6,11H2,1-4H3,(H,20,21)/t13?,14?,16?,18-,25?/m0/s1. The number of aliphatic carboxylic acids is 1. The summed E-state index contributed by atoms with van der Waals surface area (Å²) < 4.78 is 15.0. The van der Waals surface area contributed by atoms with E-state index in [0.29, 0.717) is 10.1 Å². The van der Waals surface area contributed by atoms with Crippen LogP contribution in [0.4, 0.5) is 0 Å². The number of carbonyl (C=O) groups is 1. The van der Waals surface area contributed by atoms with E-state index in [-0.39, 0.29) is 12.0 Å². The van der Waals surface area contributed by atoms with Crippen molar-refractivity contribution in [3.05, 3.63) is 29.8 Å². The number of carboxylic acids is 1. The summed E-state index contributed by atoms with van der Waals surface area (Å²) in [4.78, 5) is 12.9. The van der Waals surface area contributed by atoms with E-state index in [4.69, 9.17) is 0 Å². The molecule has 0 spiro atoms. The van der Waals surface area contributed by atoms with Crippen LogP contribution in [0.2, 0.25) is 0 Å². The van der Waals surface area contributed by atoms with Crippen molar-refractivity contribution < 1.29 is 14.5 Å². The molecule has 7 heteroatoms. The van der Waals surface area contributed by atoms with Crippen LogP contribution in [-0.4, -0.2) is 36.8 Å². The van der Waals surface area contributed by atoms with Gasteiger partial charge in [-0.2, -0.15) is 0 Å². The normalized spacial score (nSPS) is 27.0. The Balaban J connectivity index is 2.28. The van der Waals surface area contributed by atoms with E-state index in [1.807, 2.05) is 45.0 Å². The van der Waals surface area contributed by atoms with E-state index in [0.717, 1.165) is 24.2 Å². The molecule has 0 bridgehead atoms. The van der Waals surface area contributed by atoms with Gasteiger partial charge in [0.05, 0.1) is 17.4 Å². The Morgan fingerprint density at radius 3 is 2.56 bits per heavy atom. The van der Waals surface area contributed by atoms with E-state index in [9.17, 15) is 14.5 Å². The highest BCUT2D eigenvalue weighted by molar-refractivity contribution is 8.22. The molecule has 1 fully saturated rings. The lowest BCUT2D eigenvalue weighted by Gasteiger charge is -2.36. The molecule has 4 unspecified atom stereocenters. The number of thioether (sulfide) groups is 2. The molecule has 2 N–H and O–H groups in total. The number of carboxylic acid groups (broad SMARTS) is 1. The number of rotatable bonds is 8. The zero-order chi connectivity index (χ0) is 18.6. The summed E-state index contributed by atoms with van der Waals surface area (Å²) in [5.74, 6) is 0.0949. The first-order valence-corrected chi connectivity index (χ1v) is 11.6. The molecule has 0 aromatic heterocycles. The summed E-state index contributed by atoms with van der Waals surface area (Å²) in [6.07, 6.45) is 1.77. The van der Waals surface area contributed by atoms with Crippen molar-refractivity contribution in [2.75, 3.05) is 5.75 Å². The number of hydrogen-bond acceptors (Lipinski definition) is 5. The van der Waals surface area contributed by atoms with Gasteiger partial charge in [0.15, 0.2) is 8.97 Å². The lowest BCUT2D eigenvalue weighted by molar-refractivity contribution is -0.138. The third-order valence-electron chi connectivity index (χ3n) is 4.67. The van der Waals surface area contributed by atoms with Crippen molar-refractivity contribution in [3.8, 4) is 0 Å². The van der Waals surface area contributed by atoms with Crippen molar-refractivity contribution in [1.29, 1.82) is 0 Å². The van der Waals surface area contributed by atoms with Gasteiger partial charge in [0.25, 0.3) is 0 Å². The second-order valence-electron chi connectivity index (χ2n) is 6.49. The Morgan fingerprint density at radius 1 is 1.44 bits per heavy atom. The molecule has 25 heavy (non-hydrogen) atoms. The maximum Gasteiger partial charge on any atom is 0.331 e. The van der Waals surface area contributed by atoms with Gasteiger partial charge in [0, 0.05) is 11.0 Å². The fourth-order valence-corrected chi connectivity index (χ4v) is 7.92. The maximum absolute atomic E-state index is 12.8. The second kappa shape index (κ2) is 9.04. The van der Waals surface area contributed by atoms with E-state index >= 15 is 0 Å². The van der Waals surface area contributed by atoms with Gasteiger partial charge >= 0.3 is 5.97 Å². The van der Waals surface area contributed by atoms with Gasteiger partial charge in [-0.3, -0.25) is 0 Å². The van der Waals surface area contributed by atoms with Crippen LogP contribution in [0.3, 0.4) is 0 Å². The van der Waals surface area contributed by atoms with Crippen molar-refractivity contribution in [2.45, 2.75) is 60.8 Å². The molecular weight excluding hydrogens is 374 g/mol. The molecule has 0 radical (unpaired) electrons. The lowest BCUT2D eigenvalue weighted by atomic mass is 9.96. The van der Waals surface area contributed by atoms with Gasteiger partial charge in [0.2, 0.25) is 0 Å². The van der Waals surface area contributed by atoms with Crippen LogP contribution in [-0.2, 0) is 16.2 Å². The zero-order valence-electron chi connectivity index (χ0n) is 15.2. The summed E-state index contributed by atoms with van der Waals surface area (Å²) in [5, 5.41) is 10.4. The number of benzene rings is 1. The fraction of sp³-hybridized carbons (Fsp3) is 0.611. The van der Waals surface area contributed by atoms with Crippen LogP contribution >= 0.6 is 23.5 Å². The molecule has 1 saturated heterocycles. The third kappa shape index (κ3) is 4.69. The summed E-state index contributed by atoms with van der Waals surface area (Å²) >= 11 is 1.58. The largest absolute Gasteiger partial charge is 0.593 e. The Hall–Kier alpha value is -0.340. The molecule has 1 aromatic rings. The summed E-state index contributed by atoms with van der Waals surface area (Å²) in [6, 6.07) is 7.15. The molecule has 4 nitrogen and oxygen atoms in total. The predicted molar refractivity (Wildman–Crippen MR) is 108 cm³/mol. The van der Waals surface area contributed by atoms with Gasteiger partial charge in [-0.1, -0.05) is 44.9 Å². The van der Waals surface area contributed by atoms with Crippen molar-refractivity contribution >= 4 is 40.9 Å². The highest BCUT2D eigenvalue weighted by Gasteiger charge is 2.55. The highest BCUT2D eigenvalue weighted by Crippen LogP contribution is 2.53. The highest BCUT2D eigenvalue weighted by atomic mass is 32.2. The second-order valence-corrected chi connectivity index (χ2v) is 10.8. The minimum absolute atomic E-state index is 0.0982. The molecule has 5 atom stereocenters. The lowest BCUT2D eigenvalue weighted by Crippen LogP contribution is -2.55. The smallest absolute Gasteiger partial charge is 0.331 e. The quantitative estimate of drug-likeness (QED) is 0.640. The molecular formula is C18H27NO3S3.